The molecule has 1 N–H and O–H groups in total. The third-order valence-electron chi connectivity index (χ3n) is 2.78. The second-order valence-electron chi connectivity index (χ2n) is 4.16. The molecule has 0 saturated carbocycles. The Hall–Kier alpha value is -2.89. The summed E-state index contributed by atoms with van der Waals surface area (Å²) >= 11 is 0. The molecular weight excluding hydrogens is 270 g/mol. The summed E-state index contributed by atoms with van der Waals surface area (Å²) in [6.07, 6.45) is 4.24. The highest BCUT2D eigenvalue weighted by atomic mass is 16.5. The molecular formula is C15H15N3O3. The molecule has 6 nitrogen and oxygen atoms in total. The topological polar surface area (TPSA) is 73.2 Å². The van der Waals surface area contributed by atoms with Crippen molar-refractivity contribution >= 4 is 5.78 Å². The lowest BCUT2D eigenvalue weighted by molar-refractivity contribution is 0.103. The van der Waals surface area contributed by atoms with Crippen LogP contribution < -0.4 is 15.5 Å². The fourth-order valence-corrected chi connectivity index (χ4v) is 1.69. The molecule has 2 aromatic rings. The molecule has 2 rings (SSSR count). The van der Waals surface area contributed by atoms with E-state index in [1.807, 2.05) is 0 Å². The zero-order chi connectivity index (χ0) is 15.2. The van der Waals surface area contributed by atoms with Gasteiger partial charge in [0.05, 0.1) is 12.8 Å². The zero-order valence-electron chi connectivity index (χ0n) is 11.7. The van der Waals surface area contributed by atoms with Crippen molar-refractivity contribution < 1.29 is 9.53 Å². The molecule has 0 aliphatic heterocycles. The van der Waals surface area contributed by atoms with E-state index in [2.05, 4.69) is 10.4 Å². The summed E-state index contributed by atoms with van der Waals surface area (Å²) in [5.74, 6) is 0.269. The van der Waals surface area contributed by atoms with Gasteiger partial charge in [-0.3, -0.25) is 9.59 Å². The van der Waals surface area contributed by atoms with Crippen LogP contribution in [0, 0.1) is 0 Å². The molecule has 1 aromatic heterocycles. The third kappa shape index (κ3) is 3.36. The van der Waals surface area contributed by atoms with Crippen molar-refractivity contribution in [2.75, 3.05) is 14.2 Å². The van der Waals surface area contributed by atoms with E-state index >= 15 is 0 Å². The number of carbonyl (C=O) groups excluding carboxylic acids is 1. The fourth-order valence-electron chi connectivity index (χ4n) is 1.69. The summed E-state index contributed by atoms with van der Waals surface area (Å²) in [5, 5.41) is 6.78. The largest absolute Gasteiger partial charge is 0.497 e. The molecule has 1 heterocycles. The Balaban J connectivity index is 2.39. The average Bonchev–Trinajstić information content (AvgIpc) is 2.53. The van der Waals surface area contributed by atoms with Gasteiger partial charge in [-0.15, -0.1) is 0 Å². The highest BCUT2D eigenvalue weighted by Gasteiger charge is 2.10. The van der Waals surface area contributed by atoms with Crippen molar-refractivity contribution in [2.45, 2.75) is 0 Å². The maximum absolute atomic E-state index is 11.9. The van der Waals surface area contributed by atoms with Gasteiger partial charge in [-0.25, -0.2) is 4.68 Å². The van der Waals surface area contributed by atoms with Gasteiger partial charge in [0.2, 0.25) is 11.2 Å². The molecule has 21 heavy (non-hydrogen) atoms. The molecule has 0 spiro atoms. The van der Waals surface area contributed by atoms with Gasteiger partial charge in [-0.2, -0.15) is 5.10 Å². The summed E-state index contributed by atoms with van der Waals surface area (Å²) in [4.78, 5) is 23.6. The van der Waals surface area contributed by atoms with Gasteiger partial charge in [0.1, 0.15) is 5.75 Å². The van der Waals surface area contributed by atoms with E-state index < -0.39 is 11.2 Å². The first kappa shape index (κ1) is 14.5. The van der Waals surface area contributed by atoms with E-state index in [9.17, 15) is 9.59 Å². The third-order valence-corrected chi connectivity index (χ3v) is 2.78. The molecule has 108 valence electrons. The Bertz CT molecular complexity index is 718. The first-order chi connectivity index (χ1) is 10.2. The van der Waals surface area contributed by atoms with Gasteiger partial charge in [-0.1, -0.05) is 0 Å². The molecule has 0 unspecified atom stereocenters. The second-order valence-corrected chi connectivity index (χ2v) is 4.16. The molecule has 0 saturated heterocycles. The van der Waals surface area contributed by atoms with Crippen molar-refractivity contribution in [3.8, 4) is 11.4 Å². The van der Waals surface area contributed by atoms with Crippen LogP contribution in [0.5, 0.6) is 5.75 Å². The number of ketones is 1. The number of hydrogen-bond donors (Lipinski definition) is 1. The Morgan fingerprint density at radius 2 is 2.00 bits per heavy atom. The Kier molecular flexibility index (Phi) is 4.50. The van der Waals surface area contributed by atoms with Crippen LogP contribution in [0.25, 0.3) is 5.69 Å². The summed E-state index contributed by atoms with van der Waals surface area (Å²) in [6, 6.07) is 8.44. The predicted octanol–water partition coefficient (Wildman–Crippen LogP) is 1.16. The van der Waals surface area contributed by atoms with Crippen LogP contribution in [-0.2, 0) is 0 Å². The zero-order valence-corrected chi connectivity index (χ0v) is 11.7. The van der Waals surface area contributed by atoms with Gasteiger partial charge in [0.25, 0.3) is 0 Å². The van der Waals surface area contributed by atoms with E-state index in [0.717, 1.165) is 5.69 Å². The lowest BCUT2D eigenvalue weighted by Gasteiger charge is -2.07. The van der Waals surface area contributed by atoms with Gasteiger partial charge in [0, 0.05) is 31.6 Å². The number of aromatic nitrogens is 2. The smallest absolute Gasteiger partial charge is 0.211 e. The first-order valence-corrected chi connectivity index (χ1v) is 6.28. The van der Waals surface area contributed by atoms with Crippen LogP contribution >= 0.6 is 0 Å². The molecule has 0 aliphatic rings. The standard InChI is InChI=1S/C15H15N3O3/c1-16-9-7-13(19)15-14(20)8-10-18(17-15)11-3-5-12(21-2)6-4-11/h3-10,16H,1-2H3/b9-7+. The van der Waals surface area contributed by atoms with Crippen LogP contribution in [0.3, 0.4) is 0 Å². The Morgan fingerprint density at radius 1 is 1.29 bits per heavy atom. The molecule has 0 atom stereocenters. The highest BCUT2D eigenvalue weighted by molar-refractivity contribution is 6.02. The second kappa shape index (κ2) is 6.51. The number of nitrogens with zero attached hydrogens (tertiary/aromatic N) is 2. The quantitative estimate of drug-likeness (QED) is 0.659. The molecule has 1 aromatic carbocycles. The highest BCUT2D eigenvalue weighted by Crippen LogP contribution is 2.13. The number of benzene rings is 1. The summed E-state index contributed by atoms with van der Waals surface area (Å²) in [7, 11) is 3.25. The van der Waals surface area contributed by atoms with Crippen molar-refractivity contribution in [3.63, 3.8) is 0 Å². The first-order valence-electron chi connectivity index (χ1n) is 6.28. The monoisotopic (exact) mass is 285 g/mol. The number of hydrogen-bond acceptors (Lipinski definition) is 5. The van der Waals surface area contributed by atoms with E-state index in [0.29, 0.717) is 5.75 Å². The van der Waals surface area contributed by atoms with Crippen molar-refractivity contribution in [3.05, 3.63) is 64.7 Å². The average molecular weight is 285 g/mol. The molecule has 0 bridgehead atoms. The Morgan fingerprint density at radius 3 is 2.62 bits per heavy atom. The minimum atomic E-state index is -0.447. The maximum atomic E-state index is 11.9. The summed E-state index contributed by atoms with van der Waals surface area (Å²) in [5.41, 5.74) is 0.188. The molecule has 6 heteroatoms. The minimum absolute atomic E-state index is 0.125. The number of nitrogens with one attached hydrogen (secondary N) is 1. The van der Waals surface area contributed by atoms with Crippen molar-refractivity contribution in [2.24, 2.45) is 0 Å². The van der Waals surface area contributed by atoms with Gasteiger partial charge < -0.3 is 10.1 Å². The van der Waals surface area contributed by atoms with Crippen LogP contribution in [0.1, 0.15) is 10.5 Å². The van der Waals surface area contributed by atoms with Gasteiger partial charge >= 0.3 is 0 Å². The van der Waals surface area contributed by atoms with Crippen molar-refractivity contribution in [1.29, 1.82) is 0 Å². The van der Waals surface area contributed by atoms with Gasteiger partial charge in [-0.05, 0) is 24.3 Å². The predicted molar refractivity (Wildman–Crippen MR) is 78.9 cm³/mol. The van der Waals surface area contributed by atoms with Crippen LogP contribution in [0.4, 0.5) is 0 Å². The number of allylic oxidation sites excluding steroid dienone is 1. The number of methoxy groups -OCH3 is 1. The van der Waals surface area contributed by atoms with E-state index in [-0.39, 0.29) is 5.69 Å². The number of carbonyl (C=O) groups is 1. The molecule has 0 fully saturated rings. The lowest BCUT2D eigenvalue weighted by Crippen LogP contribution is -2.19. The Labute approximate surface area is 121 Å². The van der Waals surface area contributed by atoms with Gasteiger partial charge in [0.15, 0.2) is 5.69 Å². The number of ether oxygens (including phenoxy) is 1. The van der Waals surface area contributed by atoms with Crippen molar-refractivity contribution in [1.82, 2.24) is 15.1 Å². The van der Waals surface area contributed by atoms with Crippen LogP contribution in [0.15, 0.2) is 53.6 Å². The summed E-state index contributed by atoms with van der Waals surface area (Å²) < 4.78 is 6.55. The SMILES string of the molecule is CN/C=C/C(=O)c1nn(-c2ccc(OC)cc2)ccc1=O. The maximum Gasteiger partial charge on any atom is 0.211 e. The molecule has 0 aliphatic carbocycles. The number of rotatable bonds is 5. The van der Waals surface area contributed by atoms with E-state index in [1.165, 1.54) is 29.2 Å². The lowest BCUT2D eigenvalue weighted by atomic mass is 10.2. The van der Waals surface area contributed by atoms with Crippen LogP contribution in [-0.4, -0.2) is 29.7 Å². The normalized spacial score (nSPS) is 10.6. The van der Waals surface area contributed by atoms with E-state index in [1.54, 1.807) is 38.4 Å². The molecule has 0 amide bonds. The minimum Gasteiger partial charge on any atom is -0.497 e. The fraction of sp³-hybridized carbons (Fsp3) is 0.133. The van der Waals surface area contributed by atoms with E-state index in [4.69, 9.17) is 4.74 Å². The summed E-state index contributed by atoms with van der Waals surface area (Å²) in [6.45, 7) is 0. The van der Waals surface area contributed by atoms with Crippen LogP contribution in [0.2, 0.25) is 0 Å². The molecule has 0 radical (unpaired) electrons.